The Kier molecular flexibility index (Phi) is 5.37. The first-order valence-electron chi connectivity index (χ1n) is 10.8. The van der Waals surface area contributed by atoms with Gasteiger partial charge in [0.25, 0.3) is 0 Å². The molecule has 0 radical (unpaired) electrons. The highest BCUT2D eigenvalue weighted by molar-refractivity contribution is 6.15. The van der Waals surface area contributed by atoms with E-state index in [1.165, 1.54) is 0 Å². The molecule has 1 saturated heterocycles. The molecule has 6 heteroatoms. The number of carbonyl (C=O) groups excluding carboxylic acids is 1. The Bertz CT molecular complexity index is 1170. The minimum atomic E-state index is -0.137. The zero-order valence-electron chi connectivity index (χ0n) is 18.0. The molecule has 2 aromatic carbocycles. The lowest BCUT2D eigenvalue weighted by atomic mass is 9.99. The predicted molar refractivity (Wildman–Crippen MR) is 124 cm³/mol. The summed E-state index contributed by atoms with van der Waals surface area (Å²) in [5.74, 6) is 1.79. The summed E-state index contributed by atoms with van der Waals surface area (Å²) in [6.45, 7) is 5.73. The van der Waals surface area contributed by atoms with Crippen LogP contribution in [-0.2, 0) is 6.54 Å². The van der Waals surface area contributed by atoms with Crippen LogP contribution in [0.5, 0.6) is 11.5 Å². The maximum atomic E-state index is 13.1. The Labute approximate surface area is 187 Å². The van der Waals surface area contributed by atoms with Gasteiger partial charge in [-0.2, -0.15) is 0 Å². The molecule has 3 aromatic rings. The van der Waals surface area contributed by atoms with Gasteiger partial charge in [0.05, 0.1) is 11.1 Å². The normalized spacial score (nSPS) is 17.5. The Morgan fingerprint density at radius 1 is 1.06 bits per heavy atom. The number of aromatic nitrogens is 1. The van der Waals surface area contributed by atoms with E-state index in [2.05, 4.69) is 14.8 Å². The van der Waals surface area contributed by atoms with Gasteiger partial charge in [-0.15, -0.1) is 0 Å². The van der Waals surface area contributed by atoms with Crippen molar-refractivity contribution in [2.75, 3.05) is 31.1 Å². The number of anilines is 1. The molecule has 1 aromatic heterocycles. The first-order chi connectivity index (χ1) is 15.6. The zero-order valence-corrected chi connectivity index (χ0v) is 18.0. The molecular formula is C26H25N3O3. The molecule has 5 rings (SSSR count). The molecule has 0 unspecified atom stereocenters. The number of rotatable bonds is 4. The van der Waals surface area contributed by atoms with Gasteiger partial charge in [0.1, 0.15) is 17.3 Å². The molecule has 162 valence electrons. The standard InChI is InChI=1S/C26H25N3O3/c1-18-15-21(30)20(17-28-11-13-29(14-12-28)23-9-5-6-10-27-23)26-24(18)25(31)22(32-26)16-19-7-3-2-4-8-19/h2-10,15-16,30H,11-14,17H2,1H3/b22-16-. The fourth-order valence-corrected chi connectivity index (χ4v) is 4.33. The van der Waals surface area contributed by atoms with E-state index in [4.69, 9.17) is 4.74 Å². The minimum Gasteiger partial charge on any atom is -0.507 e. The van der Waals surface area contributed by atoms with Gasteiger partial charge in [-0.05, 0) is 42.3 Å². The number of carbonyl (C=O) groups is 1. The van der Waals surface area contributed by atoms with Crippen molar-refractivity contribution in [2.45, 2.75) is 13.5 Å². The van der Waals surface area contributed by atoms with Gasteiger partial charge in [-0.25, -0.2) is 4.98 Å². The fourth-order valence-electron chi connectivity index (χ4n) is 4.33. The van der Waals surface area contributed by atoms with Crippen LogP contribution in [0, 0.1) is 6.92 Å². The van der Waals surface area contributed by atoms with Crippen LogP contribution in [0.3, 0.4) is 0 Å². The number of Topliss-reactive ketones (excluding diaryl/α,β-unsaturated/α-hetero) is 1. The lowest BCUT2D eigenvalue weighted by Crippen LogP contribution is -2.46. The number of nitrogens with zero attached hydrogens (tertiary/aromatic N) is 3. The lowest BCUT2D eigenvalue weighted by Gasteiger charge is -2.35. The maximum absolute atomic E-state index is 13.1. The summed E-state index contributed by atoms with van der Waals surface area (Å²) in [5.41, 5.74) is 2.84. The number of ether oxygens (including phenoxy) is 1. The quantitative estimate of drug-likeness (QED) is 0.634. The van der Waals surface area contributed by atoms with E-state index in [-0.39, 0.29) is 11.5 Å². The first-order valence-corrected chi connectivity index (χ1v) is 10.8. The van der Waals surface area contributed by atoms with Crippen LogP contribution < -0.4 is 9.64 Å². The molecule has 3 heterocycles. The number of aromatic hydroxyl groups is 1. The second-order valence-electron chi connectivity index (χ2n) is 8.20. The van der Waals surface area contributed by atoms with Crippen LogP contribution in [0.25, 0.3) is 6.08 Å². The number of phenolic OH excluding ortho intramolecular Hbond substituents is 1. The highest BCUT2D eigenvalue weighted by atomic mass is 16.5. The van der Waals surface area contributed by atoms with Gasteiger partial charge in [-0.3, -0.25) is 9.69 Å². The smallest absolute Gasteiger partial charge is 0.232 e. The highest BCUT2D eigenvalue weighted by Crippen LogP contribution is 2.42. The highest BCUT2D eigenvalue weighted by Gasteiger charge is 2.34. The van der Waals surface area contributed by atoms with Crippen LogP contribution in [0.15, 0.2) is 66.6 Å². The average molecular weight is 428 g/mol. The van der Waals surface area contributed by atoms with Gasteiger partial charge >= 0.3 is 0 Å². The van der Waals surface area contributed by atoms with E-state index in [1.54, 1.807) is 12.1 Å². The third-order valence-corrected chi connectivity index (χ3v) is 6.05. The van der Waals surface area contributed by atoms with Crippen molar-refractivity contribution in [1.29, 1.82) is 0 Å². The average Bonchev–Trinajstić information content (AvgIpc) is 3.14. The Morgan fingerprint density at radius 2 is 1.81 bits per heavy atom. The number of piperazine rings is 1. The third-order valence-electron chi connectivity index (χ3n) is 6.05. The summed E-state index contributed by atoms with van der Waals surface area (Å²) >= 11 is 0. The molecule has 1 N–H and O–H groups in total. The summed E-state index contributed by atoms with van der Waals surface area (Å²) in [4.78, 5) is 22.0. The minimum absolute atomic E-state index is 0.137. The second-order valence-corrected chi connectivity index (χ2v) is 8.20. The number of hydrogen-bond acceptors (Lipinski definition) is 6. The van der Waals surface area contributed by atoms with E-state index < -0.39 is 0 Å². The molecule has 0 atom stereocenters. The number of allylic oxidation sites excluding steroid dienone is 1. The largest absolute Gasteiger partial charge is 0.507 e. The number of phenols is 1. The zero-order chi connectivity index (χ0) is 22.1. The molecule has 0 bridgehead atoms. The summed E-state index contributed by atoms with van der Waals surface area (Å²) in [6.07, 6.45) is 3.57. The van der Waals surface area contributed by atoms with Crippen molar-refractivity contribution in [1.82, 2.24) is 9.88 Å². The molecule has 0 spiro atoms. The van der Waals surface area contributed by atoms with E-state index >= 15 is 0 Å². The summed E-state index contributed by atoms with van der Waals surface area (Å²) in [5, 5.41) is 10.7. The molecule has 32 heavy (non-hydrogen) atoms. The van der Waals surface area contributed by atoms with Crippen LogP contribution >= 0.6 is 0 Å². The first kappa shape index (κ1) is 20.3. The van der Waals surface area contributed by atoms with E-state index in [1.807, 2.05) is 61.7 Å². The van der Waals surface area contributed by atoms with Crippen molar-refractivity contribution < 1.29 is 14.6 Å². The van der Waals surface area contributed by atoms with Crippen LogP contribution in [0.1, 0.15) is 27.0 Å². The Balaban J connectivity index is 1.37. The van der Waals surface area contributed by atoms with Crippen molar-refractivity contribution in [3.8, 4) is 11.5 Å². The van der Waals surface area contributed by atoms with E-state index in [9.17, 15) is 9.90 Å². The van der Waals surface area contributed by atoms with Crippen molar-refractivity contribution >= 4 is 17.7 Å². The van der Waals surface area contributed by atoms with Gasteiger partial charge in [-0.1, -0.05) is 36.4 Å². The summed E-state index contributed by atoms with van der Waals surface area (Å²) < 4.78 is 6.05. The van der Waals surface area contributed by atoms with Gasteiger partial charge in [0.15, 0.2) is 5.76 Å². The molecule has 0 amide bonds. The molecule has 6 nitrogen and oxygen atoms in total. The van der Waals surface area contributed by atoms with Crippen molar-refractivity contribution in [3.05, 3.63) is 88.8 Å². The SMILES string of the molecule is Cc1cc(O)c(CN2CCN(c3ccccn3)CC2)c2c1C(=O)/C(=C/c1ccccc1)O2. The fraction of sp³-hybridized carbons (Fsp3) is 0.231. The molecule has 0 saturated carbocycles. The number of aryl methyl sites for hydroxylation is 1. The number of ketones is 1. The summed E-state index contributed by atoms with van der Waals surface area (Å²) in [6, 6.07) is 17.2. The van der Waals surface area contributed by atoms with Crippen LogP contribution in [0.4, 0.5) is 5.82 Å². The predicted octanol–water partition coefficient (Wildman–Crippen LogP) is 4.03. The van der Waals surface area contributed by atoms with E-state index in [0.29, 0.717) is 29.2 Å². The monoisotopic (exact) mass is 427 g/mol. The number of fused-ring (bicyclic) bond motifs is 1. The van der Waals surface area contributed by atoms with Gasteiger partial charge in [0, 0.05) is 38.9 Å². The number of pyridine rings is 1. The van der Waals surface area contributed by atoms with Crippen LogP contribution in [-0.4, -0.2) is 47.0 Å². The number of hydrogen-bond donors (Lipinski definition) is 1. The maximum Gasteiger partial charge on any atom is 0.232 e. The molecule has 0 aliphatic carbocycles. The van der Waals surface area contributed by atoms with E-state index in [0.717, 1.165) is 43.1 Å². The topological polar surface area (TPSA) is 65.9 Å². The van der Waals surface area contributed by atoms with Crippen molar-refractivity contribution in [2.24, 2.45) is 0 Å². The third kappa shape index (κ3) is 3.85. The van der Waals surface area contributed by atoms with Gasteiger partial charge < -0.3 is 14.7 Å². The molecular weight excluding hydrogens is 402 g/mol. The summed E-state index contributed by atoms with van der Waals surface area (Å²) in [7, 11) is 0. The molecule has 1 fully saturated rings. The van der Waals surface area contributed by atoms with Crippen molar-refractivity contribution in [3.63, 3.8) is 0 Å². The lowest BCUT2D eigenvalue weighted by molar-refractivity contribution is 0.101. The molecule has 2 aliphatic rings. The number of benzene rings is 2. The Morgan fingerprint density at radius 3 is 2.53 bits per heavy atom. The van der Waals surface area contributed by atoms with Crippen LogP contribution in [0.2, 0.25) is 0 Å². The molecule has 2 aliphatic heterocycles. The van der Waals surface area contributed by atoms with Gasteiger partial charge in [0.2, 0.25) is 5.78 Å². The Hall–Kier alpha value is -3.64. The second kappa shape index (κ2) is 8.48.